The zero-order valence-corrected chi connectivity index (χ0v) is 6.63. The minimum absolute atomic E-state index is 0.364. The normalized spacial score (nSPS) is 21.8. The average molecular weight is 168 g/mol. The van der Waals surface area contributed by atoms with E-state index in [1.165, 1.54) is 0 Å². The van der Waals surface area contributed by atoms with Gasteiger partial charge in [0.1, 0.15) is 5.67 Å². The first kappa shape index (κ1) is 7.71. The molecule has 1 aliphatic rings. The molecule has 0 aliphatic heterocycles. The molecule has 12 heavy (non-hydrogen) atoms. The second-order valence-electron chi connectivity index (χ2n) is 3.31. The third-order valence-electron chi connectivity index (χ3n) is 2.27. The molecular weight excluding hydrogens is 158 g/mol. The van der Waals surface area contributed by atoms with Crippen molar-refractivity contribution in [2.75, 3.05) is 0 Å². The summed E-state index contributed by atoms with van der Waals surface area (Å²) < 4.78 is 26.5. The van der Waals surface area contributed by atoms with Crippen LogP contribution >= 0.6 is 0 Å². The molecule has 0 radical (unpaired) electrons. The molecule has 1 unspecified atom stereocenters. The number of rotatable bonds is 2. The summed E-state index contributed by atoms with van der Waals surface area (Å²) in [5.74, 6) is 0. The van der Waals surface area contributed by atoms with Crippen LogP contribution in [-0.2, 0) is 0 Å². The summed E-state index contributed by atoms with van der Waals surface area (Å²) in [5.41, 5.74) is -1.10. The highest BCUT2D eigenvalue weighted by molar-refractivity contribution is 5.23. The molecule has 1 aliphatic carbocycles. The summed E-state index contributed by atoms with van der Waals surface area (Å²) in [6.07, 6.45) is -0.703. The first-order valence-electron chi connectivity index (χ1n) is 4.10. The lowest BCUT2D eigenvalue weighted by Crippen LogP contribution is -2.09. The molecule has 1 atom stereocenters. The molecule has 0 nitrogen and oxygen atoms in total. The van der Waals surface area contributed by atoms with E-state index in [-0.39, 0.29) is 0 Å². The Bertz CT molecular complexity index is 264. The Hall–Kier alpha value is -0.920. The van der Waals surface area contributed by atoms with Crippen molar-refractivity contribution < 1.29 is 8.78 Å². The van der Waals surface area contributed by atoms with Crippen LogP contribution in [0.2, 0.25) is 0 Å². The lowest BCUT2D eigenvalue weighted by Gasteiger charge is -2.11. The summed E-state index contributed by atoms with van der Waals surface area (Å²) >= 11 is 0. The topological polar surface area (TPSA) is 0 Å². The van der Waals surface area contributed by atoms with Crippen LogP contribution in [0.3, 0.4) is 0 Å². The molecule has 1 saturated carbocycles. The minimum Gasteiger partial charge on any atom is -0.240 e. The summed E-state index contributed by atoms with van der Waals surface area (Å²) in [6.45, 7) is 0. The maximum atomic E-state index is 13.3. The summed E-state index contributed by atoms with van der Waals surface area (Å²) in [5, 5.41) is 0. The Morgan fingerprint density at radius 1 is 1.17 bits per heavy atom. The van der Waals surface area contributed by atoms with Gasteiger partial charge in [-0.05, 0) is 18.4 Å². The van der Waals surface area contributed by atoms with Crippen molar-refractivity contribution in [3.63, 3.8) is 0 Å². The maximum Gasteiger partial charge on any atom is 0.159 e. The number of benzene rings is 1. The van der Waals surface area contributed by atoms with E-state index < -0.39 is 11.8 Å². The van der Waals surface area contributed by atoms with Gasteiger partial charge >= 0.3 is 0 Å². The minimum atomic E-state index is -1.55. The molecule has 0 heterocycles. The van der Waals surface area contributed by atoms with E-state index in [1.54, 1.807) is 30.3 Å². The van der Waals surface area contributed by atoms with Crippen molar-refractivity contribution in [1.82, 2.24) is 0 Å². The van der Waals surface area contributed by atoms with Crippen molar-refractivity contribution >= 4 is 0 Å². The van der Waals surface area contributed by atoms with E-state index in [0.29, 0.717) is 18.4 Å². The molecule has 1 fully saturated rings. The van der Waals surface area contributed by atoms with Crippen LogP contribution < -0.4 is 0 Å². The molecule has 0 spiro atoms. The van der Waals surface area contributed by atoms with Crippen molar-refractivity contribution in [2.24, 2.45) is 0 Å². The smallest absolute Gasteiger partial charge is 0.159 e. The van der Waals surface area contributed by atoms with Gasteiger partial charge < -0.3 is 0 Å². The fourth-order valence-electron chi connectivity index (χ4n) is 1.29. The Labute approximate surface area is 70.2 Å². The monoisotopic (exact) mass is 168 g/mol. The quantitative estimate of drug-likeness (QED) is 0.636. The number of hydrogen-bond donors (Lipinski definition) is 0. The molecular formula is C10H10F2. The summed E-state index contributed by atoms with van der Waals surface area (Å²) in [4.78, 5) is 0. The van der Waals surface area contributed by atoms with Gasteiger partial charge in [0.05, 0.1) is 0 Å². The second kappa shape index (κ2) is 2.54. The molecule has 0 aromatic heterocycles. The maximum absolute atomic E-state index is 13.3. The van der Waals surface area contributed by atoms with Crippen molar-refractivity contribution in [3.05, 3.63) is 35.9 Å². The Balaban J connectivity index is 2.20. The highest BCUT2D eigenvalue weighted by Crippen LogP contribution is 2.51. The third kappa shape index (κ3) is 1.22. The predicted octanol–water partition coefficient (Wildman–Crippen LogP) is 3.20. The SMILES string of the molecule is FC(c1ccccc1)C1(F)CC1. The summed E-state index contributed by atoms with van der Waals surface area (Å²) in [7, 11) is 0. The van der Waals surface area contributed by atoms with Crippen molar-refractivity contribution in [3.8, 4) is 0 Å². The first-order chi connectivity index (χ1) is 5.72. The number of alkyl halides is 2. The van der Waals surface area contributed by atoms with Gasteiger partial charge in [0.15, 0.2) is 6.17 Å². The molecule has 0 bridgehead atoms. The van der Waals surface area contributed by atoms with Gasteiger partial charge in [0.2, 0.25) is 0 Å². The Kier molecular flexibility index (Phi) is 1.63. The third-order valence-corrected chi connectivity index (χ3v) is 2.27. The van der Waals surface area contributed by atoms with E-state index in [4.69, 9.17) is 0 Å². The lowest BCUT2D eigenvalue weighted by atomic mass is 10.1. The van der Waals surface area contributed by atoms with Gasteiger partial charge in [-0.3, -0.25) is 0 Å². The van der Waals surface area contributed by atoms with E-state index in [0.717, 1.165) is 0 Å². The highest BCUT2D eigenvalue weighted by atomic mass is 19.2. The zero-order chi connectivity index (χ0) is 8.60. The van der Waals surface area contributed by atoms with Gasteiger partial charge in [-0.1, -0.05) is 30.3 Å². The number of hydrogen-bond acceptors (Lipinski definition) is 0. The van der Waals surface area contributed by atoms with Gasteiger partial charge in [-0.2, -0.15) is 0 Å². The van der Waals surface area contributed by atoms with Gasteiger partial charge in [-0.15, -0.1) is 0 Å². The van der Waals surface area contributed by atoms with Crippen LogP contribution in [0.15, 0.2) is 30.3 Å². The van der Waals surface area contributed by atoms with Crippen LogP contribution in [-0.4, -0.2) is 5.67 Å². The largest absolute Gasteiger partial charge is 0.240 e. The Morgan fingerprint density at radius 2 is 1.75 bits per heavy atom. The lowest BCUT2D eigenvalue weighted by molar-refractivity contribution is 0.147. The van der Waals surface area contributed by atoms with Crippen LogP contribution in [0.4, 0.5) is 8.78 Å². The molecule has 0 saturated heterocycles. The van der Waals surface area contributed by atoms with Gasteiger partial charge in [0, 0.05) is 0 Å². The highest BCUT2D eigenvalue weighted by Gasteiger charge is 2.51. The zero-order valence-electron chi connectivity index (χ0n) is 6.63. The standard InChI is InChI=1S/C10H10F2/c11-9(10(12)6-7-10)8-4-2-1-3-5-8/h1-5,9H,6-7H2. The summed E-state index contributed by atoms with van der Waals surface area (Å²) in [6, 6.07) is 8.52. The van der Waals surface area contributed by atoms with Crippen LogP contribution in [0.1, 0.15) is 24.6 Å². The van der Waals surface area contributed by atoms with Gasteiger partial charge in [-0.25, -0.2) is 8.78 Å². The van der Waals surface area contributed by atoms with E-state index in [1.807, 2.05) is 0 Å². The van der Waals surface area contributed by atoms with Crippen molar-refractivity contribution in [1.29, 1.82) is 0 Å². The fraction of sp³-hybridized carbons (Fsp3) is 0.400. The van der Waals surface area contributed by atoms with E-state index in [2.05, 4.69) is 0 Å². The predicted molar refractivity (Wildman–Crippen MR) is 43.4 cm³/mol. The molecule has 0 amide bonds. The molecule has 0 N–H and O–H groups in total. The van der Waals surface area contributed by atoms with Gasteiger partial charge in [0.25, 0.3) is 0 Å². The second-order valence-corrected chi connectivity index (χ2v) is 3.31. The van der Waals surface area contributed by atoms with E-state index >= 15 is 0 Å². The van der Waals surface area contributed by atoms with Crippen LogP contribution in [0, 0.1) is 0 Å². The Morgan fingerprint density at radius 3 is 2.25 bits per heavy atom. The molecule has 1 aromatic rings. The van der Waals surface area contributed by atoms with Crippen LogP contribution in [0.5, 0.6) is 0 Å². The fourth-order valence-corrected chi connectivity index (χ4v) is 1.29. The van der Waals surface area contributed by atoms with Crippen LogP contribution in [0.25, 0.3) is 0 Å². The van der Waals surface area contributed by atoms with Crippen molar-refractivity contribution in [2.45, 2.75) is 24.7 Å². The first-order valence-corrected chi connectivity index (χ1v) is 4.10. The molecule has 2 heteroatoms. The van der Waals surface area contributed by atoms with E-state index in [9.17, 15) is 8.78 Å². The molecule has 64 valence electrons. The average Bonchev–Trinajstić information content (AvgIpc) is 2.85. The number of halogens is 2. The molecule has 2 rings (SSSR count). The molecule has 1 aromatic carbocycles.